The van der Waals surface area contributed by atoms with Crippen LogP contribution in [0.5, 0.6) is 11.6 Å². The number of Topliss-reactive ketones (excluding diaryl/α,β-unsaturated/α-hetero) is 1. The Balaban J connectivity index is 1.19. The lowest BCUT2D eigenvalue weighted by Crippen LogP contribution is -2.52. The highest BCUT2D eigenvalue weighted by molar-refractivity contribution is 7.90. The summed E-state index contributed by atoms with van der Waals surface area (Å²) in [5.74, 6) is 0.0512. The van der Waals surface area contributed by atoms with Crippen molar-refractivity contribution in [2.24, 2.45) is 28.9 Å². The van der Waals surface area contributed by atoms with E-state index < -0.39 is 44.8 Å². The number of nitrogens with two attached hydrogens (primary N) is 1. The van der Waals surface area contributed by atoms with Gasteiger partial charge < -0.3 is 20.1 Å². The van der Waals surface area contributed by atoms with Crippen molar-refractivity contribution in [1.82, 2.24) is 19.6 Å². The molecule has 5 aliphatic rings. The summed E-state index contributed by atoms with van der Waals surface area (Å²) in [5, 5.41) is -0.565. The van der Waals surface area contributed by atoms with Crippen LogP contribution < -0.4 is 19.9 Å². The van der Waals surface area contributed by atoms with Crippen LogP contribution in [0.4, 0.5) is 0 Å². The van der Waals surface area contributed by atoms with Gasteiger partial charge in [-0.2, -0.15) is 0 Å². The van der Waals surface area contributed by atoms with E-state index in [1.54, 1.807) is 12.0 Å². The molecule has 4 fully saturated rings. The summed E-state index contributed by atoms with van der Waals surface area (Å²) in [6.45, 7) is 4.34. The van der Waals surface area contributed by atoms with E-state index in [9.17, 15) is 22.8 Å². The van der Waals surface area contributed by atoms with Gasteiger partial charge in [-0.15, -0.1) is 0 Å². The molecule has 0 unspecified atom stereocenters. The maximum absolute atomic E-state index is 14.4. The monoisotopic (exact) mass is 707 g/mol. The Morgan fingerprint density at radius 3 is 2.58 bits per heavy atom. The van der Waals surface area contributed by atoms with Crippen LogP contribution in [0.1, 0.15) is 96.1 Å². The Labute approximate surface area is 294 Å². The van der Waals surface area contributed by atoms with E-state index in [0.29, 0.717) is 47.8 Å². The van der Waals surface area contributed by atoms with E-state index in [1.165, 1.54) is 0 Å². The first-order valence-electron chi connectivity index (χ1n) is 18.3. The second-order valence-electron chi connectivity index (χ2n) is 15.4. The molecular weight excluding hydrogens is 659 g/mol. The van der Waals surface area contributed by atoms with Crippen LogP contribution in [0.25, 0.3) is 11.0 Å². The standard InChI is InChI=1S/C37H49N5O7S/c1-4-22-15-21(2)7-5-6-8-24-18-37(24,36(45)41-50(46,47)27-12-13-27)19-31(43)30-17-26(20-42(30)35(44)32(22)38)49-34-33(23-9-10-23)39-29-16-25(48-3)11-14-28(29)40-34/h6,8,11,14,16,21-24,26-27,30,32H,4-5,7,9-10,12-13,15,17-20,38H2,1-3H3,(H,41,45)/b8-6-/t21-,22-,24-,26-,30+,32+,37-/m1/s1. The van der Waals surface area contributed by atoms with Crippen LogP contribution in [-0.2, 0) is 24.4 Å². The zero-order valence-electron chi connectivity index (χ0n) is 29.2. The van der Waals surface area contributed by atoms with Crippen molar-refractivity contribution >= 4 is 38.7 Å². The summed E-state index contributed by atoms with van der Waals surface area (Å²) in [6.07, 6.45) is 10.0. The van der Waals surface area contributed by atoms with Gasteiger partial charge in [-0.05, 0) is 81.3 Å². The molecule has 2 aromatic rings. The number of fused-ring (bicyclic) bond motifs is 3. The third kappa shape index (κ3) is 6.99. The minimum absolute atomic E-state index is 0.0645. The first-order chi connectivity index (χ1) is 23.9. The molecule has 3 saturated carbocycles. The van der Waals surface area contributed by atoms with E-state index in [4.69, 9.17) is 25.2 Å². The van der Waals surface area contributed by atoms with Gasteiger partial charge in [0.2, 0.25) is 27.7 Å². The summed E-state index contributed by atoms with van der Waals surface area (Å²) in [6, 6.07) is 3.81. The van der Waals surface area contributed by atoms with E-state index in [0.717, 1.165) is 44.2 Å². The molecule has 1 saturated heterocycles. The summed E-state index contributed by atoms with van der Waals surface area (Å²) < 4.78 is 39.9. The Bertz CT molecular complexity index is 1810. The number of allylic oxidation sites excluding steroid dienone is 2. The molecule has 0 spiro atoms. The third-order valence-electron chi connectivity index (χ3n) is 11.5. The molecule has 12 nitrogen and oxygen atoms in total. The molecule has 7 atom stereocenters. The number of nitrogens with one attached hydrogen (secondary N) is 1. The quantitative estimate of drug-likeness (QED) is 0.380. The zero-order chi connectivity index (χ0) is 35.4. The average Bonchev–Trinajstić information content (AvgIpc) is 3.98. The highest BCUT2D eigenvalue weighted by Crippen LogP contribution is 2.57. The fraction of sp³-hybridized carbons (Fsp3) is 0.649. The Hall–Kier alpha value is -3.58. The number of hydrogen-bond donors (Lipinski definition) is 2. The number of methoxy groups -OCH3 is 1. The summed E-state index contributed by atoms with van der Waals surface area (Å²) >= 11 is 0. The predicted octanol–water partition coefficient (Wildman–Crippen LogP) is 4.17. The molecule has 0 bridgehead atoms. The van der Waals surface area contributed by atoms with Crippen molar-refractivity contribution in [2.75, 3.05) is 13.7 Å². The molecule has 3 heterocycles. The topological polar surface area (TPSA) is 171 Å². The molecule has 7 rings (SSSR count). The lowest BCUT2D eigenvalue weighted by atomic mass is 9.85. The maximum Gasteiger partial charge on any atom is 0.240 e. The van der Waals surface area contributed by atoms with Gasteiger partial charge in [0, 0.05) is 24.8 Å². The van der Waals surface area contributed by atoms with Crippen molar-refractivity contribution in [1.29, 1.82) is 0 Å². The number of sulfonamides is 1. The second-order valence-corrected chi connectivity index (χ2v) is 17.3. The fourth-order valence-corrected chi connectivity index (χ4v) is 9.33. The molecule has 270 valence electrons. The minimum Gasteiger partial charge on any atom is -0.497 e. The largest absolute Gasteiger partial charge is 0.497 e. The molecule has 50 heavy (non-hydrogen) atoms. The molecule has 3 aliphatic carbocycles. The van der Waals surface area contributed by atoms with Crippen molar-refractivity contribution < 1.29 is 32.3 Å². The van der Waals surface area contributed by atoms with Crippen molar-refractivity contribution in [2.45, 2.75) is 114 Å². The smallest absolute Gasteiger partial charge is 0.240 e. The molecule has 1 aromatic heterocycles. The van der Waals surface area contributed by atoms with Gasteiger partial charge in [0.05, 0.1) is 47.4 Å². The number of benzene rings is 1. The SMILES string of the molecule is CC[C@@H]1C[C@H](C)CC/C=C\[C@@H]2C[C@@]2(C(=O)NS(=O)(=O)C2CC2)CC(=O)[C@@H]2C[C@@H](Oc3nc4ccc(OC)cc4nc3C3CC3)CN2C(=O)[C@H]1N. The fourth-order valence-electron chi connectivity index (χ4n) is 7.95. The van der Waals surface area contributed by atoms with Gasteiger partial charge in [-0.25, -0.2) is 18.4 Å². The lowest BCUT2D eigenvalue weighted by molar-refractivity contribution is -0.141. The first-order valence-corrected chi connectivity index (χ1v) is 19.8. The van der Waals surface area contributed by atoms with Crippen LogP contribution in [0.2, 0.25) is 0 Å². The molecular formula is C37H49N5O7S. The van der Waals surface area contributed by atoms with Gasteiger partial charge in [0.25, 0.3) is 0 Å². The van der Waals surface area contributed by atoms with Gasteiger partial charge in [0.1, 0.15) is 17.5 Å². The van der Waals surface area contributed by atoms with Crippen LogP contribution >= 0.6 is 0 Å². The molecule has 0 radical (unpaired) electrons. The first kappa shape index (κ1) is 34.9. The zero-order valence-corrected chi connectivity index (χ0v) is 30.0. The lowest BCUT2D eigenvalue weighted by Gasteiger charge is -2.31. The van der Waals surface area contributed by atoms with Crippen LogP contribution in [0.3, 0.4) is 0 Å². The average molecular weight is 708 g/mol. The Kier molecular flexibility index (Phi) is 9.42. The van der Waals surface area contributed by atoms with Gasteiger partial charge in [-0.3, -0.25) is 19.1 Å². The van der Waals surface area contributed by atoms with E-state index in [2.05, 4.69) is 11.6 Å². The van der Waals surface area contributed by atoms with Gasteiger partial charge in [0.15, 0.2) is 5.78 Å². The number of carbonyl (C=O) groups excluding carboxylic acids is 3. The number of nitrogens with zero attached hydrogens (tertiary/aromatic N) is 3. The van der Waals surface area contributed by atoms with Crippen molar-refractivity contribution in [3.63, 3.8) is 0 Å². The molecule has 13 heteroatoms. The molecule has 3 N–H and O–H groups in total. The predicted molar refractivity (Wildman–Crippen MR) is 187 cm³/mol. The number of hydrogen-bond acceptors (Lipinski definition) is 10. The maximum atomic E-state index is 14.4. The summed E-state index contributed by atoms with van der Waals surface area (Å²) in [7, 11) is -2.20. The molecule has 2 aliphatic heterocycles. The van der Waals surface area contributed by atoms with Crippen LogP contribution in [0, 0.1) is 23.2 Å². The highest BCUT2D eigenvalue weighted by Gasteiger charge is 2.61. The number of ketones is 1. The van der Waals surface area contributed by atoms with E-state index >= 15 is 0 Å². The number of aromatic nitrogens is 2. The minimum atomic E-state index is -3.81. The Morgan fingerprint density at radius 2 is 1.88 bits per heavy atom. The number of carbonyl (C=O) groups is 3. The van der Waals surface area contributed by atoms with Crippen molar-refractivity contribution in [3.05, 3.63) is 36.0 Å². The van der Waals surface area contributed by atoms with Crippen molar-refractivity contribution in [3.8, 4) is 11.6 Å². The number of ether oxygens (including phenoxy) is 2. The van der Waals surface area contributed by atoms with Crippen LogP contribution in [-0.4, -0.2) is 78.0 Å². The highest BCUT2D eigenvalue weighted by atomic mass is 32.2. The Morgan fingerprint density at radius 1 is 1.10 bits per heavy atom. The normalized spacial score (nSPS) is 32.8. The number of amides is 2. The molecule has 2 amide bonds. The van der Waals surface area contributed by atoms with Gasteiger partial charge >= 0.3 is 0 Å². The second kappa shape index (κ2) is 13.5. The van der Waals surface area contributed by atoms with Crippen LogP contribution in [0.15, 0.2) is 30.4 Å². The summed E-state index contributed by atoms with van der Waals surface area (Å²) in [4.78, 5) is 53.7. The van der Waals surface area contributed by atoms with E-state index in [1.807, 2.05) is 37.3 Å². The number of rotatable bonds is 8. The van der Waals surface area contributed by atoms with Gasteiger partial charge in [-0.1, -0.05) is 32.4 Å². The molecule has 1 aromatic carbocycles. The summed E-state index contributed by atoms with van der Waals surface area (Å²) in [5.41, 5.74) is 7.64. The third-order valence-corrected chi connectivity index (χ3v) is 13.3. The van der Waals surface area contributed by atoms with E-state index in [-0.39, 0.29) is 48.8 Å².